The first-order valence-corrected chi connectivity index (χ1v) is 8.64. The molecule has 0 spiro atoms. The summed E-state index contributed by atoms with van der Waals surface area (Å²) in [6, 6.07) is 6.41. The van der Waals surface area contributed by atoms with Gasteiger partial charge in [-0.2, -0.15) is 0 Å². The average molecular weight is 385 g/mol. The molecule has 1 amide bonds. The van der Waals surface area contributed by atoms with Crippen molar-refractivity contribution in [2.24, 2.45) is 5.92 Å². The van der Waals surface area contributed by atoms with Gasteiger partial charge < -0.3 is 4.90 Å². The quantitative estimate of drug-likeness (QED) is 0.695. The van der Waals surface area contributed by atoms with E-state index in [-0.39, 0.29) is 5.91 Å². The fraction of sp³-hybridized carbons (Fsp3) is 0.588. The van der Waals surface area contributed by atoms with E-state index >= 15 is 0 Å². The van der Waals surface area contributed by atoms with Gasteiger partial charge in [0.05, 0.1) is 5.56 Å². The number of amides is 1. The number of halogens is 1. The van der Waals surface area contributed by atoms with Gasteiger partial charge in [-0.1, -0.05) is 25.5 Å². The highest BCUT2D eigenvalue weighted by Crippen LogP contribution is 2.30. The smallest absolute Gasteiger partial charge is 0.254 e. The van der Waals surface area contributed by atoms with Crippen LogP contribution in [0.1, 0.15) is 54.9 Å². The van der Waals surface area contributed by atoms with Crippen molar-refractivity contribution in [1.29, 1.82) is 0 Å². The molecule has 0 aliphatic heterocycles. The van der Waals surface area contributed by atoms with Crippen molar-refractivity contribution in [3.05, 3.63) is 32.9 Å². The molecule has 1 aliphatic carbocycles. The number of carbonyl (C=O) groups excluding carboxylic acids is 1. The second-order valence-electron chi connectivity index (χ2n) is 5.94. The molecule has 0 radical (unpaired) electrons. The highest BCUT2D eigenvalue weighted by molar-refractivity contribution is 14.1. The van der Waals surface area contributed by atoms with Gasteiger partial charge in [-0.25, -0.2) is 0 Å². The van der Waals surface area contributed by atoms with Crippen LogP contribution in [0.5, 0.6) is 0 Å². The fourth-order valence-electron chi connectivity index (χ4n) is 3.11. The van der Waals surface area contributed by atoms with Gasteiger partial charge in [0.1, 0.15) is 0 Å². The lowest BCUT2D eigenvalue weighted by atomic mass is 9.84. The first-order chi connectivity index (χ1) is 9.54. The molecule has 110 valence electrons. The predicted molar refractivity (Wildman–Crippen MR) is 92.0 cm³/mol. The molecule has 0 heterocycles. The van der Waals surface area contributed by atoms with E-state index in [0.717, 1.165) is 27.9 Å². The third kappa shape index (κ3) is 3.35. The number of hydrogen-bond acceptors (Lipinski definition) is 1. The molecule has 0 aromatic heterocycles. The summed E-state index contributed by atoms with van der Waals surface area (Å²) in [6.07, 6.45) is 6.12. The van der Waals surface area contributed by atoms with Crippen LogP contribution in [0.2, 0.25) is 0 Å². The number of hydrogen-bond donors (Lipinski definition) is 0. The molecular weight excluding hydrogens is 361 g/mol. The minimum absolute atomic E-state index is 0.179. The van der Waals surface area contributed by atoms with Gasteiger partial charge in [0.25, 0.3) is 5.91 Å². The van der Waals surface area contributed by atoms with E-state index in [0.29, 0.717) is 6.04 Å². The molecule has 0 saturated heterocycles. The molecule has 1 aromatic carbocycles. The van der Waals surface area contributed by atoms with Crippen molar-refractivity contribution >= 4 is 28.5 Å². The Labute approximate surface area is 136 Å². The molecule has 0 N–H and O–H groups in total. The molecule has 3 heteroatoms. The first kappa shape index (κ1) is 15.8. The summed E-state index contributed by atoms with van der Waals surface area (Å²) in [5, 5.41) is 0. The van der Waals surface area contributed by atoms with E-state index < -0.39 is 0 Å². The largest absolute Gasteiger partial charge is 0.339 e. The Hall–Kier alpha value is -0.580. The molecule has 0 bridgehead atoms. The standard InChI is InChI=1S/C17H24INO/c1-4-13-8-10-14(11-9-13)19(3)17(20)15-7-5-6-12(2)16(15)18/h5-7,13-14H,4,8-11H2,1-3H3. The number of aryl methyl sites for hydroxylation is 1. The Bertz CT molecular complexity index is 478. The predicted octanol–water partition coefficient (Wildman–Crippen LogP) is 4.64. The number of carbonyl (C=O) groups is 1. The topological polar surface area (TPSA) is 20.3 Å². The molecule has 1 fully saturated rings. The summed E-state index contributed by atoms with van der Waals surface area (Å²) < 4.78 is 1.09. The molecule has 1 saturated carbocycles. The molecule has 0 unspecified atom stereocenters. The molecule has 2 rings (SSSR count). The molecule has 1 aliphatic rings. The third-order valence-electron chi connectivity index (χ3n) is 4.68. The summed E-state index contributed by atoms with van der Waals surface area (Å²) in [5.74, 6) is 1.05. The van der Waals surface area contributed by atoms with Crippen LogP contribution < -0.4 is 0 Å². The monoisotopic (exact) mass is 385 g/mol. The maximum atomic E-state index is 12.7. The van der Waals surface area contributed by atoms with Gasteiger partial charge in [0.2, 0.25) is 0 Å². The van der Waals surface area contributed by atoms with Crippen LogP contribution in [0.25, 0.3) is 0 Å². The normalized spacial score (nSPS) is 22.6. The third-order valence-corrected chi connectivity index (χ3v) is 6.12. The lowest BCUT2D eigenvalue weighted by Crippen LogP contribution is -2.39. The van der Waals surface area contributed by atoms with Crippen LogP contribution in [0.15, 0.2) is 18.2 Å². The van der Waals surface area contributed by atoms with E-state index in [1.165, 1.54) is 24.8 Å². The lowest BCUT2D eigenvalue weighted by Gasteiger charge is -2.34. The summed E-state index contributed by atoms with van der Waals surface area (Å²) >= 11 is 2.29. The Kier molecular flexibility index (Phi) is 5.47. The fourth-order valence-corrected chi connectivity index (χ4v) is 3.70. The van der Waals surface area contributed by atoms with E-state index in [2.05, 4.69) is 42.5 Å². The lowest BCUT2D eigenvalue weighted by molar-refractivity contribution is 0.0673. The summed E-state index contributed by atoms with van der Waals surface area (Å²) in [4.78, 5) is 14.7. The van der Waals surface area contributed by atoms with E-state index in [1.807, 2.05) is 24.1 Å². The van der Waals surface area contributed by atoms with Gasteiger partial charge in [-0.05, 0) is 72.7 Å². The van der Waals surface area contributed by atoms with E-state index in [1.54, 1.807) is 0 Å². The molecule has 2 nitrogen and oxygen atoms in total. The van der Waals surface area contributed by atoms with Crippen molar-refractivity contribution in [1.82, 2.24) is 4.90 Å². The second-order valence-corrected chi connectivity index (χ2v) is 7.01. The maximum absolute atomic E-state index is 12.7. The van der Waals surface area contributed by atoms with Gasteiger partial charge >= 0.3 is 0 Å². The highest BCUT2D eigenvalue weighted by Gasteiger charge is 2.27. The van der Waals surface area contributed by atoms with Crippen molar-refractivity contribution in [2.75, 3.05) is 7.05 Å². The molecule has 20 heavy (non-hydrogen) atoms. The van der Waals surface area contributed by atoms with Crippen LogP contribution >= 0.6 is 22.6 Å². The minimum Gasteiger partial charge on any atom is -0.339 e. The van der Waals surface area contributed by atoms with E-state index in [9.17, 15) is 4.79 Å². The summed E-state index contributed by atoms with van der Waals surface area (Å²) in [7, 11) is 1.97. The van der Waals surface area contributed by atoms with Gasteiger partial charge in [0.15, 0.2) is 0 Å². The number of rotatable bonds is 3. The van der Waals surface area contributed by atoms with Crippen molar-refractivity contribution < 1.29 is 4.79 Å². The van der Waals surface area contributed by atoms with Gasteiger partial charge in [-0.3, -0.25) is 4.79 Å². The van der Waals surface area contributed by atoms with Gasteiger partial charge in [0, 0.05) is 16.7 Å². The van der Waals surface area contributed by atoms with Crippen molar-refractivity contribution in [3.8, 4) is 0 Å². The minimum atomic E-state index is 0.179. The van der Waals surface area contributed by atoms with Crippen LogP contribution in [-0.4, -0.2) is 23.9 Å². The molecule has 0 atom stereocenters. The number of nitrogens with zero attached hydrogens (tertiary/aromatic N) is 1. The van der Waals surface area contributed by atoms with Gasteiger partial charge in [-0.15, -0.1) is 0 Å². The van der Waals surface area contributed by atoms with Crippen molar-refractivity contribution in [2.45, 2.75) is 52.0 Å². The summed E-state index contributed by atoms with van der Waals surface area (Å²) in [5.41, 5.74) is 2.03. The van der Waals surface area contributed by atoms with Crippen LogP contribution in [0.3, 0.4) is 0 Å². The van der Waals surface area contributed by atoms with Crippen LogP contribution in [-0.2, 0) is 0 Å². The Morgan fingerprint density at radius 1 is 1.30 bits per heavy atom. The highest BCUT2D eigenvalue weighted by atomic mass is 127. The Morgan fingerprint density at radius 2 is 1.95 bits per heavy atom. The average Bonchev–Trinajstić information content (AvgIpc) is 2.48. The first-order valence-electron chi connectivity index (χ1n) is 7.56. The maximum Gasteiger partial charge on any atom is 0.254 e. The SMILES string of the molecule is CCC1CCC(N(C)C(=O)c2cccc(C)c2I)CC1. The Balaban J connectivity index is 2.07. The molecular formula is C17H24INO. The number of benzene rings is 1. The Morgan fingerprint density at radius 3 is 2.55 bits per heavy atom. The van der Waals surface area contributed by atoms with E-state index in [4.69, 9.17) is 0 Å². The van der Waals surface area contributed by atoms with Crippen LogP contribution in [0.4, 0.5) is 0 Å². The zero-order valence-electron chi connectivity index (χ0n) is 12.7. The van der Waals surface area contributed by atoms with Crippen molar-refractivity contribution in [3.63, 3.8) is 0 Å². The zero-order valence-corrected chi connectivity index (χ0v) is 14.8. The second kappa shape index (κ2) is 6.92. The molecule has 1 aromatic rings. The van der Waals surface area contributed by atoms with Crippen LogP contribution in [0, 0.1) is 16.4 Å². The summed E-state index contributed by atoms with van der Waals surface area (Å²) in [6.45, 7) is 4.33. The zero-order chi connectivity index (χ0) is 14.7.